The van der Waals surface area contributed by atoms with Crippen molar-refractivity contribution in [1.29, 1.82) is 0 Å². The first-order chi connectivity index (χ1) is 7.50. The fourth-order valence-corrected chi connectivity index (χ4v) is 3.47. The molecule has 0 radical (unpaired) electrons. The Hall–Kier alpha value is -0.0400. The zero-order valence-electron chi connectivity index (χ0n) is 12.1. The van der Waals surface area contributed by atoms with Crippen molar-refractivity contribution in [3.8, 4) is 0 Å². The molecule has 0 heterocycles. The van der Waals surface area contributed by atoms with Crippen LogP contribution in [0, 0.1) is 11.3 Å². The maximum Gasteiger partial charge on any atom is 0.0126 e. The largest absolute Gasteiger partial charge is 0.300 e. The minimum atomic E-state index is 0.572. The summed E-state index contributed by atoms with van der Waals surface area (Å²) in [6, 6.07) is 0.844. The molecule has 2 atom stereocenters. The highest BCUT2D eigenvalue weighted by atomic mass is 15.2. The first-order valence-corrected chi connectivity index (χ1v) is 7.24. The Morgan fingerprint density at radius 3 is 2.25 bits per heavy atom. The average Bonchev–Trinajstić information content (AvgIpc) is 2.47. The van der Waals surface area contributed by atoms with E-state index in [1.54, 1.807) is 0 Å². The zero-order valence-corrected chi connectivity index (χ0v) is 12.1. The van der Waals surface area contributed by atoms with Gasteiger partial charge in [-0.1, -0.05) is 47.5 Å². The van der Waals surface area contributed by atoms with Gasteiger partial charge < -0.3 is 4.90 Å². The molecular formula is C15H31N. The molecule has 1 aliphatic rings. The number of unbranched alkanes of at least 4 members (excludes halogenated alkanes) is 2. The van der Waals surface area contributed by atoms with Gasteiger partial charge in [0.2, 0.25) is 0 Å². The second kappa shape index (κ2) is 6.05. The van der Waals surface area contributed by atoms with E-state index in [0.29, 0.717) is 5.41 Å². The summed E-state index contributed by atoms with van der Waals surface area (Å²) in [5.41, 5.74) is 0.572. The van der Waals surface area contributed by atoms with Crippen molar-refractivity contribution in [3.63, 3.8) is 0 Å². The zero-order chi connectivity index (χ0) is 12.2. The lowest BCUT2D eigenvalue weighted by atomic mass is 9.91. The van der Waals surface area contributed by atoms with E-state index >= 15 is 0 Å². The van der Waals surface area contributed by atoms with E-state index in [2.05, 4.69) is 39.5 Å². The van der Waals surface area contributed by atoms with Crippen LogP contribution in [0.3, 0.4) is 0 Å². The highest BCUT2D eigenvalue weighted by Crippen LogP contribution is 2.43. The molecule has 0 N–H and O–H groups in total. The van der Waals surface area contributed by atoms with Crippen molar-refractivity contribution >= 4 is 0 Å². The van der Waals surface area contributed by atoms with Crippen LogP contribution in [0.2, 0.25) is 0 Å². The molecule has 0 spiro atoms. The van der Waals surface area contributed by atoms with Gasteiger partial charge in [0.1, 0.15) is 0 Å². The minimum Gasteiger partial charge on any atom is -0.300 e. The van der Waals surface area contributed by atoms with E-state index in [0.717, 1.165) is 12.0 Å². The van der Waals surface area contributed by atoms with Gasteiger partial charge in [0, 0.05) is 6.04 Å². The second-order valence-corrected chi connectivity index (χ2v) is 6.45. The Labute approximate surface area is 103 Å². The maximum atomic E-state index is 2.73. The summed E-state index contributed by atoms with van der Waals surface area (Å²) >= 11 is 0. The SMILES string of the molecule is CCCCCN(CC)C1CC(C)(C)CC1C. The average molecular weight is 225 g/mol. The van der Waals surface area contributed by atoms with Crippen LogP contribution in [0.5, 0.6) is 0 Å². The van der Waals surface area contributed by atoms with E-state index < -0.39 is 0 Å². The normalized spacial score (nSPS) is 28.9. The van der Waals surface area contributed by atoms with Gasteiger partial charge in [0.15, 0.2) is 0 Å². The molecule has 1 saturated carbocycles. The van der Waals surface area contributed by atoms with Crippen LogP contribution in [0.4, 0.5) is 0 Å². The second-order valence-electron chi connectivity index (χ2n) is 6.45. The summed E-state index contributed by atoms with van der Waals surface area (Å²) in [6.07, 6.45) is 6.91. The van der Waals surface area contributed by atoms with Crippen LogP contribution in [-0.2, 0) is 0 Å². The first-order valence-electron chi connectivity index (χ1n) is 7.24. The number of rotatable bonds is 6. The fourth-order valence-electron chi connectivity index (χ4n) is 3.47. The van der Waals surface area contributed by atoms with Gasteiger partial charge in [0.05, 0.1) is 0 Å². The van der Waals surface area contributed by atoms with Gasteiger partial charge in [-0.05, 0) is 43.7 Å². The predicted molar refractivity (Wildman–Crippen MR) is 72.7 cm³/mol. The van der Waals surface area contributed by atoms with E-state index in [-0.39, 0.29) is 0 Å². The van der Waals surface area contributed by atoms with Crippen molar-refractivity contribution in [2.24, 2.45) is 11.3 Å². The third kappa shape index (κ3) is 3.76. The third-order valence-corrected chi connectivity index (χ3v) is 4.22. The van der Waals surface area contributed by atoms with Crippen LogP contribution in [0.1, 0.15) is 66.7 Å². The number of nitrogens with zero attached hydrogens (tertiary/aromatic N) is 1. The fraction of sp³-hybridized carbons (Fsp3) is 1.00. The summed E-state index contributed by atoms with van der Waals surface area (Å²) in [6.45, 7) is 14.5. The quantitative estimate of drug-likeness (QED) is 0.608. The van der Waals surface area contributed by atoms with Gasteiger partial charge in [-0.15, -0.1) is 0 Å². The van der Waals surface area contributed by atoms with E-state index in [4.69, 9.17) is 0 Å². The summed E-state index contributed by atoms with van der Waals surface area (Å²) in [5, 5.41) is 0. The molecule has 0 bridgehead atoms. The summed E-state index contributed by atoms with van der Waals surface area (Å²) in [7, 11) is 0. The molecule has 0 aromatic heterocycles. The van der Waals surface area contributed by atoms with Crippen LogP contribution >= 0.6 is 0 Å². The smallest absolute Gasteiger partial charge is 0.0126 e. The molecule has 1 heteroatoms. The third-order valence-electron chi connectivity index (χ3n) is 4.22. The molecule has 0 saturated heterocycles. The van der Waals surface area contributed by atoms with Gasteiger partial charge in [-0.25, -0.2) is 0 Å². The van der Waals surface area contributed by atoms with Crippen molar-refractivity contribution in [2.45, 2.75) is 72.8 Å². The van der Waals surface area contributed by atoms with E-state index in [1.807, 2.05) is 0 Å². The molecule has 2 unspecified atom stereocenters. The van der Waals surface area contributed by atoms with Crippen LogP contribution in [0.25, 0.3) is 0 Å². The van der Waals surface area contributed by atoms with Crippen LogP contribution < -0.4 is 0 Å². The predicted octanol–water partition coefficient (Wildman–Crippen LogP) is 4.32. The highest BCUT2D eigenvalue weighted by Gasteiger charge is 2.38. The molecule has 0 aromatic carbocycles. The lowest BCUT2D eigenvalue weighted by molar-refractivity contribution is 0.166. The van der Waals surface area contributed by atoms with Crippen LogP contribution in [0.15, 0.2) is 0 Å². The van der Waals surface area contributed by atoms with E-state index in [9.17, 15) is 0 Å². The molecule has 96 valence electrons. The Morgan fingerprint density at radius 2 is 1.81 bits per heavy atom. The maximum absolute atomic E-state index is 2.73. The lowest BCUT2D eigenvalue weighted by Crippen LogP contribution is -2.38. The van der Waals surface area contributed by atoms with Crippen molar-refractivity contribution < 1.29 is 0 Å². The van der Waals surface area contributed by atoms with Crippen molar-refractivity contribution in [1.82, 2.24) is 4.90 Å². The first kappa shape index (κ1) is 14.0. The summed E-state index contributed by atoms with van der Waals surface area (Å²) < 4.78 is 0. The molecule has 16 heavy (non-hydrogen) atoms. The summed E-state index contributed by atoms with van der Waals surface area (Å²) in [4.78, 5) is 2.73. The van der Waals surface area contributed by atoms with Crippen LogP contribution in [-0.4, -0.2) is 24.0 Å². The standard InChI is InChI=1S/C15H31N/c1-6-8-9-10-16(7-2)14-12-15(4,5)11-13(14)3/h13-14H,6-12H2,1-5H3. The lowest BCUT2D eigenvalue weighted by Gasteiger charge is -2.31. The highest BCUT2D eigenvalue weighted by molar-refractivity contribution is 4.92. The Kier molecular flexibility index (Phi) is 5.30. The topological polar surface area (TPSA) is 3.24 Å². The van der Waals surface area contributed by atoms with Gasteiger partial charge >= 0.3 is 0 Å². The molecule has 1 aliphatic carbocycles. The van der Waals surface area contributed by atoms with Gasteiger partial charge in [-0.2, -0.15) is 0 Å². The van der Waals surface area contributed by atoms with E-state index in [1.165, 1.54) is 45.2 Å². The Balaban J connectivity index is 2.46. The molecule has 1 nitrogen and oxygen atoms in total. The Bertz CT molecular complexity index is 198. The molecule has 0 aromatic rings. The molecule has 0 amide bonds. The van der Waals surface area contributed by atoms with Gasteiger partial charge in [-0.3, -0.25) is 0 Å². The molecule has 0 aliphatic heterocycles. The minimum absolute atomic E-state index is 0.572. The number of hydrogen-bond donors (Lipinski definition) is 0. The summed E-state index contributed by atoms with van der Waals surface area (Å²) in [5.74, 6) is 0.886. The van der Waals surface area contributed by atoms with Crippen molar-refractivity contribution in [3.05, 3.63) is 0 Å². The number of hydrogen-bond acceptors (Lipinski definition) is 1. The molecular weight excluding hydrogens is 194 g/mol. The van der Waals surface area contributed by atoms with Gasteiger partial charge in [0.25, 0.3) is 0 Å². The Morgan fingerprint density at radius 1 is 1.12 bits per heavy atom. The monoisotopic (exact) mass is 225 g/mol. The van der Waals surface area contributed by atoms with Crippen molar-refractivity contribution in [2.75, 3.05) is 13.1 Å². The molecule has 1 rings (SSSR count). The molecule has 1 fully saturated rings.